The third-order valence-electron chi connectivity index (χ3n) is 3.13. The zero-order valence-corrected chi connectivity index (χ0v) is 12.9. The molecule has 0 saturated carbocycles. The number of ketones is 1. The first-order valence-electron chi connectivity index (χ1n) is 7.17. The number of amides is 1. The number of carbonyl (C=O) groups excluding carboxylic acids is 2. The highest BCUT2D eigenvalue weighted by Crippen LogP contribution is 2.18. The Bertz CT molecular complexity index is 674. The Kier molecular flexibility index (Phi) is 4.93. The van der Waals surface area contributed by atoms with E-state index in [9.17, 15) is 9.59 Å². The standard InChI is InChI=1S/C16H19N3O3/c1-4-19-10-14(16(18-19)22-5-2)15(21)17-13-8-6-12(7-9-13)11(3)20/h6-10H,4-5H2,1-3H3,(H,17,21). The van der Waals surface area contributed by atoms with Gasteiger partial charge >= 0.3 is 0 Å². The van der Waals surface area contributed by atoms with E-state index in [0.717, 1.165) is 0 Å². The first kappa shape index (κ1) is 15.8. The van der Waals surface area contributed by atoms with Gasteiger partial charge in [-0.2, -0.15) is 0 Å². The largest absolute Gasteiger partial charge is 0.476 e. The van der Waals surface area contributed by atoms with Crippen LogP contribution in [-0.4, -0.2) is 28.1 Å². The zero-order chi connectivity index (χ0) is 16.1. The fraction of sp³-hybridized carbons (Fsp3) is 0.312. The Labute approximate surface area is 129 Å². The maximum atomic E-state index is 12.3. The molecule has 0 aliphatic rings. The fourth-order valence-electron chi connectivity index (χ4n) is 1.95. The lowest BCUT2D eigenvalue weighted by atomic mass is 10.1. The van der Waals surface area contributed by atoms with Crippen molar-refractivity contribution in [1.29, 1.82) is 0 Å². The van der Waals surface area contributed by atoms with E-state index in [0.29, 0.717) is 35.8 Å². The zero-order valence-electron chi connectivity index (χ0n) is 12.9. The monoisotopic (exact) mass is 301 g/mol. The molecule has 0 radical (unpaired) electrons. The van der Waals surface area contributed by atoms with Gasteiger partial charge in [0.25, 0.3) is 5.91 Å². The van der Waals surface area contributed by atoms with Gasteiger partial charge in [-0.1, -0.05) is 0 Å². The number of Topliss-reactive ketones (excluding diaryl/α,β-unsaturated/α-hetero) is 1. The molecule has 2 rings (SSSR count). The summed E-state index contributed by atoms with van der Waals surface area (Å²) in [6.07, 6.45) is 1.66. The lowest BCUT2D eigenvalue weighted by molar-refractivity contribution is 0.101. The van der Waals surface area contributed by atoms with Gasteiger partial charge in [-0.05, 0) is 45.0 Å². The molecule has 0 unspecified atom stereocenters. The molecular formula is C16H19N3O3. The molecule has 6 nitrogen and oxygen atoms in total. The number of hydrogen-bond donors (Lipinski definition) is 1. The number of aryl methyl sites for hydroxylation is 1. The number of benzene rings is 1. The summed E-state index contributed by atoms with van der Waals surface area (Å²) in [7, 11) is 0. The summed E-state index contributed by atoms with van der Waals surface area (Å²) in [5.41, 5.74) is 1.60. The van der Waals surface area contributed by atoms with Gasteiger partial charge in [0.2, 0.25) is 5.88 Å². The molecule has 0 aliphatic carbocycles. The first-order valence-corrected chi connectivity index (χ1v) is 7.17. The Morgan fingerprint density at radius 3 is 2.45 bits per heavy atom. The first-order chi connectivity index (χ1) is 10.5. The summed E-state index contributed by atoms with van der Waals surface area (Å²) in [5.74, 6) is 0.0154. The maximum absolute atomic E-state index is 12.3. The number of anilines is 1. The molecule has 116 valence electrons. The molecule has 1 N–H and O–H groups in total. The van der Waals surface area contributed by atoms with E-state index in [4.69, 9.17) is 4.74 Å². The number of carbonyl (C=O) groups is 2. The summed E-state index contributed by atoms with van der Waals surface area (Å²) >= 11 is 0. The van der Waals surface area contributed by atoms with Crippen molar-refractivity contribution in [1.82, 2.24) is 9.78 Å². The Morgan fingerprint density at radius 1 is 1.23 bits per heavy atom. The molecule has 1 heterocycles. The van der Waals surface area contributed by atoms with E-state index < -0.39 is 0 Å². The minimum Gasteiger partial charge on any atom is -0.476 e. The highest BCUT2D eigenvalue weighted by atomic mass is 16.5. The van der Waals surface area contributed by atoms with Gasteiger partial charge in [-0.3, -0.25) is 14.3 Å². The molecule has 0 fully saturated rings. The summed E-state index contributed by atoms with van der Waals surface area (Å²) in [6, 6.07) is 6.74. The van der Waals surface area contributed by atoms with Gasteiger partial charge in [0.15, 0.2) is 5.78 Å². The number of aromatic nitrogens is 2. The molecule has 2 aromatic rings. The molecular weight excluding hydrogens is 282 g/mol. The van der Waals surface area contributed by atoms with E-state index >= 15 is 0 Å². The number of ether oxygens (including phenoxy) is 1. The number of nitrogens with one attached hydrogen (secondary N) is 1. The SMILES string of the molecule is CCOc1nn(CC)cc1C(=O)Nc1ccc(C(C)=O)cc1. The van der Waals surface area contributed by atoms with Crippen LogP contribution in [0.1, 0.15) is 41.5 Å². The van der Waals surface area contributed by atoms with Crippen LogP contribution >= 0.6 is 0 Å². The van der Waals surface area contributed by atoms with Crippen molar-refractivity contribution in [3.63, 3.8) is 0 Å². The van der Waals surface area contributed by atoms with Crippen molar-refractivity contribution in [2.24, 2.45) is 0 Å². The van der Waals surface area contributed by atoms with Gasteiger partial charge in [0, 0.05) is 24.0 Å². The van der Waals surface area contributed by atoms with E-state index in [1.807, 2.05) is 13.8 Å². The Morgan fingerprint density at radius 2 is 1.91 bits per heavy atom. The van der Waals surface area contributed by atoms with Crippen LogP contribution in [0, 0.1) is 0 Å². The minimum atomic E-state index is -0.293. The summed E-state index contributed by atoms with van der Waals surface area (Å²) in [6.45, 7) is 6.37. The lowest BCUT2D eigenvalue weighted by Crippen LogP contribution is -2.12. The number of rotatable bonds is 6. The molecule has 0 spiro atoms. The van der Waals surface area contributed by atoms with E-state index in [-0.39, 0.29) is 11.7 Å². The van der Waals surface area contributed by atoms with Gasteiger partial charge in [-0.15, -0.1) is 5.10 Å². The average Bonchev–Trinajstić information content (AvgIpc) is 2.91. The minimum absolute atomic E-state index is 0.0132. The van der Waals surface area contributed by atoms with Crippen LogP contribution in [0.5, 0.6) is 5.88 Å². The molecule has 0 aliphatic heterocycles. The fourth-order valence-corrected chi connectivity index (χ4v) is 1.95. The Hall–Kier alpha value is -2.63. The molecule has 0 saturated heterocycles. The summed E-state index contributed by atoms with van der Waals surface area (Å²) < 4.78 is 7.04. The normalized spacial score (nSPS) is 10.3. The second kappa shape index (κ2) is 6.89. The molecule has 22 heavy (non-hydrogen) atoms. The second-order valence-electron chi connectivity index (χ2n) is 4.72. The van der Waals surface area contributed by atoms with Gasteiger partial charge in [-0.25, -0.2) is 0 Å². The van der Waals surface area contributed by atoms with Crippen LogP contribution in [0.4, 0.5) is 5.69 Å². The van der Waals surface area contributed by atoms with Gasteiger partial charge in [0.1, 0.15) is 5.56 Å². The lowest BCUT2D eigenvalue weighted by Gasteiger charge is -2.06. The predicted octanol–water partition coefficient (Wildman–Crippen LogP) is 2.76. The van der Waals surface area contributed by atoms with Crippen molar-refractivity contribution in [3.05, 3.63) is 41.6 Å². The quantitative estimate of drug-likeness (QED) is 0.833. The van der Waals surface area contributed by atoms with E-state index in [1.54, 1.807) is 35.1 Å². The van der Waals surface area contributed by atoms with Crippen molar-refractivity contribution < 1.29 is 14.3 Å². The van der Waals surface area contributed by atoms with Crippen LogP contribution in [-0.2, 0) is 6.54 Å². The third-order valence-corrected chi connectivity index (χ3v) is 3.13. The predicted molar refractivity (Wildman–Crippen MR) is 83.5 cm³/mol. The van der Waals surface area contributed by atoms with Crippen LogP contribution in [0.25, 0.3) is 0 Å². The van der Waals surface area contributed by atoms with Crippen LogP contribution in [0.15, 0.2) is 30.5 Å². The number of hydrogen-bond acceptors (Lipinski definition) is 4. The van der Waals surface area contributed by atoms with Crippen molar-refractivity contribution in [3.8, 4) is 5.88 Å². The molecule has 1 aromatic heterocycles. The number of nitrogens with zero attached hydrogens (tertiary/aromatic N) is 2. The third kappa shape index (κ3) is 3.52. The van der Waals surface area contributed by atoms with Crippen LogP contribution < -0.4 is 10.1 Å². The highest BCUT2D eigenvalue weighted by Gasteiger charge is 2.17. The van der Waals surface area contributed by atoms with Crippen molar-refractivity contribution in [2.45, 2.75) is 27.3 Å². The molecule has 1 aromatic carbocycles. The van der Waals surface area contributed by atoms with Crippen LogP contribution in [0.3, 0.4) is 0 Å². The van der Waals surface area contributed by atoms with Gasteiger partial charge < -0.3 is 10.1 Å². The smallest absolute Gasteiger partial charge is 0.262 e. The Balaban J connectivity index is 2.17. The molecule has 0 bridgehead atoms. The summed E-state index contributed by atoms with van der Waals surface area (Å²) in [5, 5.41) is 6.98. The van der Waals surface area contributed by atoms with E-state index in [2.05, 4.69) is 10.4 Å². The maximum Gasteiger partial charge on any atom is 0.262 e. The van der Waals surface area contributed by atoms with Crippen LogP contribution in [0.2, 0.25) is 0 Å². The van der Waals surface area contributed by atoms with E-state index in [1.165, 1.54) is 6.92 Å². The van der Waals surface area contributed by atoms with Crippen molar-refractivity contribution in [2.75, 3.05) is 11.9 Å². The molecule has 0 atom stereocenters. The topological polar surface area (TPSA) is 73.2 Å². The van der Waals surface area contributed by atoms with Gasteiger partial charge in [0.05, 0.1) is 6.61 Å². The molecule has 1 amide bonds. The highest BCUT2D eigenvalue weighted by molar-refractivity contribution is 6.06. The summed E-state index contributed by atoms with van der Waals surface area (Å²) in [4.78, 5) is 23.6. The molecule has 6 heteroatoms. The second-order valence-corrected chi connectivity index (χ2v) is 4.72. The average molecular weight is 301 g/mol. The van der Waals surface area contributed by atoms with Crippen molar-refractivity contribution >= 4 is 17.4 Å².